The van der Waals surface area contributed by atoms with Crippen LogP contribution in [0.15, 0.2) is 24.5 Å². The number of hydrogen-bond donors (Lipinski definition) is 0. The maximum Gasteiger partial charge on any atom is 0.141 e. The van der Waals surface area contributed by atoms with Crippen LogP contribution in [-0.4, -0.2) is 42.4 Å². The minimum atomic E-state index is -0.864. The third kappa shape index (κ3) is 2.52. The second-order valence-corrected chi connectivity index (χ2v) is 3.89. The highest BCUT2D eigenvalue weighted by Crippen LogP contribution is 2.16. The van der Waals surface area contributed by atoms with E-state index in [1.165, 1.54) is 0 Å². The van der Waals surface area contributed by atoms with Gasteiger partial charge >= 0.3 is 0 Å². The van der Waals surface area contributed by atoms with Gasteiger partial charge in [-0.05, 0) is 24.7 Å². The molecule has 0 amide bonds. The van der Waals surface area contributed by atoms with Gasteiger partial charge in [-0.25, -0.2) is 4.39 Å². The van der Waals surface area contributed by atoms with E-state index in [-0.39, 0.29) is 12.6 Å². The van der Waals surface area contributed by atoms with Crippen molar-refractivity contribution in [3.8, 4) is 0 Å². The largest absolute Gasteiger partial charge is 0.377 e. The van der Waals surface area contributed by atoms with Gasteiger partial charge in [0.05, 0.1) is 19.3 Å². The van der Waals surface area contributed by atoms with Gasteiger partial charge in [0.1, 0.15) is 6.17 Å². The molecule has 15 heavy (non-hydrogen) atoms. The summed E-state index contributed by atoms with van der Waals surface area (Å²) in [5.74, 6) is 0. The lowest BCUT2D eigenvalue weighted by atomic mass is 10.2. The first-order valence-electron chi connectivity index (χ1n) is 5.08. The third-order valence-electron chi connectivity index (χ3n) is 2.73. The number of hydrogen-bond acceptors (Lipinski definition) is 3. The Morgan fingerprint density at radius 1 is 1.47 bits per heavy atom. The summed E-state index contributed by atoms with van der Waals surface area (Å²) in [5.41, 5.74) is 1.15. The summed E-state index contributed by atoms with van der Waals surface area (Å²) in [6, 6.07) is 3.78. The summed E-state index contributed by atoms with van der Waals surface area (Å²) in [7, 11) is 1.92. The normalized spacial score (nSPS) is 26.1. The molecule has 2 heterocycles. The van der Waals surface area contributed by atoms with Gasteiger partial charge in [0.2, 0.25) is 0 Å². The fourth-order valence-corrected chi connectivity index (χ4v) is 1.81. The highest BCUT2D eigenvalue weighted by atomic mass is 19.1. The van der Waals surface area contributed by atoms with Crippen molar-refractivity contribution in [3.63, 3.8) is 0 Å². The number of rotatable bonds is 3. The number of nitrogens with zero attached hydrogens (tertiary/aromatic N) is 2. The second kappa shape index (κ2) is 4.68. The van der Waals surface area contributed by atoms with Crippen LogP contribution in [0, 0.1) is 0 Å². The molecule has 82 valence electrons. The van der Waals surface area contributed by atoms with Crippen molar-refractivity contribution in [3.05, 3.63) is 30.1 Å². The SMILES string of the molecule is CN(Cc1ccncc1)[C@@H]1COC[C@H]1F. The number of alkyl halides is 1. The lowest BCUT2D eigenvalue weighted by Gasteiger charge is -2.24. The van der Waals surface area contributed by atoms with Crippen LogP contribution in [0.3, 0.4) is 0 Å². The average Bonchev–Trinajstić information content (AvgIpc) is 2.66. The van der Waals surface area contributed by atoms with Crippen LogP contribution in [-0.2, 0) is 11.3 Å². The number of halogens is 1. The fourth-order valence-electron chi connectivity index (χ4n) is 1.81. The van der Waals surface area contributed by atoms with E-state index in [0.717, 1.165) is 12.1 Å². The van der Waals surface area contributed by atoms with Gasteiger partial charge in [-0.1, -0.05) is 0 Å². The van der Waals surface area contributed by atoms with E-state index in [2.05, 4.69) is 4.98 Å². The van der Waals surface area contributed by atoms with Crippen molar-refractivity contribution in [1.29, 1.82) is 0 Å². The molecule has 0 unspecified atom stereocenters. The molecule has 2 rings (SSSR count). The number of ether oxygens (including phenoxy) is 1. The Bertz CT molecular complexity index is 307. The standard InChI is InChI=1S/C11H15FN2O/c1-14(11-8-15-7-10(11)12)6-9-2-4-13-5-3-9/h2-5,10-11H,6-8H2,1H3/t10-,11-/m1/s1. The predicted octanol–water partition coefficient (Wildman–Crippen LogP) is 1.25. The predicted molar refractivity (Wildman–Crippen MR) is 55.2 cm³/mol. The Kier molecular flexibility index (Phi) is 3.28. The third-order valence-corrected chi connectivity index (χ3v) is 2.73. The first-order chi connectivity index (χ1) is 7.27. The molecule has 3 nitrogen and oxygen atoms in total. The van der Waals surface area contributed by atoms with Crippen LogP contribution in [0.4, 0.5) is 4.39 Å². The van der Waals surface area contributed by atoms with E-state index in [1.54, 1.807) is 12.4 Å². The molecule has 0 saturated carbocycles. The zero-order chi connectivity index (χ0) is 10.7. The van der Waals surface area contributed by atoms with E-state index in [1.807, 2.05) is 24.1 Å². The Balaban J connectivity index is 1.94. The highest BCUT2D eigenvalue weighted by molar-refractivity contribution is 5.09. The van der Waals surface area contributed by atoms with Crippen LogP contribution < -0.4 is 0 Å². The molecule has 1 aromatic rings. The van der Waals surface area contributed by atoms with Crippen molar-refractivity contribution in [2.24, 2.45) is 0 Å². The van der Waals surface area contributed by atoms with Crippen molar-refractivity contribution >= 4 is 0 Å². The van der Waals surface area contributed by atoms with Gasteiger partial charge in [0.15, 0.2) is 0 Å². The molecular formula is C11H15FN2O. The molecule has 1 saturated heterocycles. The molecule has 0 bridgehead atoms. The van der Waals surface area contributed by atoms with Gasteiger partial charge < -0.3 is 4.74 Å². The van der Waals surface area contributed by atoms with Crippen molar-refractivity contribution in [1.82, 2.24) is 9.88 Å². The summed E-state index contributed by atoms with van der Waals surface area (Å²) in [4.78, 5) is 5.94. The fraction of sp³-hybridized carbons (Fsp3) is 0.545. The Labute approximate surface area is 88.9 Å². The van der Waals surface area contributed by atoms with Crippen LogP contribution in [0.2, 0.25) is 0 Å². The van der Waals surface area contributed by atoms with Gasteiger partial charge in [-0.3, -0.25) is 9.88 Å². The monoisotopic (exact) mass is 210 g/mol. The molecule has 2 atom stereocenters. The topological polar surface area (TPSA) is 25.4 Å². The number of pyridine rings is 1. The molecule has 0 aliphatic carbocycles. The van der Waals surface area contributed by atoms with Crippen LogP contribution >= 0.6 is 0 Å². The highest BCUT2D eigenvalue weighted by Gasteiger charge is 2.31. The van der Waals surface area contributed by atoms with Gasteiger partial charge in [-0.2, -0.15) is 0 Å². The Hall–Kier alpha value is -1.00. The molecule has 0 spiro atoms. The Morgan fingerprint density at radius 2 is 2.20 bits per heavy atom. The molecule has 0 aromatic carbocycles. The summed E-state index contributed by atoms with van der Waals surface area (Å²) < 4.78 is 18.5. The van der Waals surface area contributed by atoms with Crippen molar-refractivity contribution < 1.29 is 9.13 Å². The molecule has 1 aliphatic heterocycles. The average molecular weight is 210 g/mol. The number of likely N-dealkylation sites (N-methyl/N-ethyl adjacent to an activating group) is 1. The molecular weight excluding hydrogens is 195 g/mol. The smallest absolute Gasteiger partial charge is 0.141 e. The molecule has 0 N–H and O–H groups in total. The number of aromatic nitrogens is 1. The van der Waals surface area contributed by atoms with Crippen molar-refractivity contribution in [2.75, 3.05) is 20.3 Å². The first-order valence-corrected chi connectivity index (χ1v) is 5.08. The maximum absolute atomic E-state index is 13.4. The van der Waals surface area contributed by atoms with E-state index < -0.39 is 6.17 Å². The quantitative estimate of drug-likeness (QED) is 0.750. The summed E-state index contributed by atoms with van der Waals surface area (Å²) in [6.07, 6.45) is 2.64. The van der Waals surface area contributed by atoms with Crippen LogP contribution in [0.1, 0.15) is 5.56 Å². The molecule has 1 aliphatic rings. The van der Waals surface area contributed by atoms with Gasteiger partial charge in [0, 0.05) is 18.9 Å². The first kappa shape index (κ1) is 10.5. The van der Waals surface area contributed by atoms with E-state index in [4.69, 9.17) is 4.74 Å². The van der Waals surface area contributed by atoms with E-state index in [9.17, 15) is 4.39 Å². The van der Waals surface area contributed by atoms with E-state index in [0.29, 0.717) is 6.61 Å². The van der Waals surface area contributed by atoms with Gasteiger partial charge in [-0.15, -0.1) is 0 Å². The van der Waals surface area contributed by atoms with Crippen molar-refractivity contribution in [2.45, 2.75) is 18.8 Å². The zero-order valence-electron chi connectivity index (χ0n) is 8.77. The Morgan fingerprint density at radius 3 is 2.80 bits per heavy atom. The van der Waals surface area contributed by atoms with Gasteiger partial charge in [0.25, 0.3) is 0 Å². The maximum atomic E-state index is 13.4. The molecule has 1 aromatic heterocycles. The summed E-state index contributed by atoms with van der Waals surface area (Å²) in [6.45, 7) is 1.45. The van der Waals surface area contributed by atoms with Crippen LogP contribution in [0.5, 0.6) is 0 Å². The second-order valence-electron chi connectivity index (χ2n) is 3.89. The van der Waals surface area contributed by atoms with Crippen LogP contribution in [0.25, 0.3) is 0 Å². The lowest BCUT2D eigenvalue weighted by Crippen LogP contribution is -2.38. The molecule has 0 radical (unpaired) electrons. The minimum Gasteiger partial charge on any atom is -0.377 e. The summed E-state index contributed by atoms with van der Waals surface area (Å²) in [5, 5.41) is 0. The summed E-state index contributed by atoms with van der Waals surface area (Å²) >= 11 is 0. The zero-order valence-corrected chi connectivity index (χ0v) is 8.77. The minimum absolute atomic E-state index is 0.113. The van der Waals surface area contributed by atoms with E-state index >= 15 is 0 Å². The molecule has 1 fully saturated rings. The lowest BCUT2D eigenvalue weighted by molar-refractivity contribution is 0.154. The molecule has 4 heteroatoms.